The molecule has 104 valence electrons. The Bertz CT molecular complexity index is 266. The van der Waals surface area contributed by atoms with E-state index in [-0.39, 0.29) is 11.4 Å². The maximum absolute atomic E-state index is 11.9. The number of rotatable bonds is 5. The summed E-state index contributed by atoms with van der Waals surface area (Å²) in [4.78, 5) is 11.9. The lowest BCUT2D eigenvalue weighted by atomic mass is 9.80. The second kappa shape index (κ2) is 6.55. The molecule has 2 saturated carbocycles. The number of amides is 1. The standard InChI is InChI=1S/C15H28N2O/c16-15(9-4-1-5-10-15)12-14(18)17-11-8-13-6-2-3-7-13/h13H,1-12,16H2,(H,17,18). The Morgan fingerprint density at radius 1 is 1.11 bits per heavy atom. The lowest BCUT2D eigenvalue weighted by Gasteiger charge is -2.32. The van der Waals surface area contributed by atoms with Crippen molar-refractivity contribution in [2.45, 2.75) is 76.2 Å². The zero-order chi connectivity index (χ0) is 12.8. The minimum atomic E-state index is -0.213. The number of hydrogen-bond donors (Lipinski definition) is 2. The van der Waals surface area contributed by atoms with Crippen LogP contribution >= 0.6 is 0 Å². The third-order valence-electron chi connectivity index (χ3n) is 4.71. The maximum atomic E-state index is 11.9. The van der Waals surface area contributed by atoms with Crippen molar-refractivity contribution >= 4 is 5.91 Å². The van der Waals surface area contributed by atoms with Gasteiger partial charge in [0.05, 0.1) is 0 Å². The summed E-state index contributed by atoms with van der Waals surface area (Å²) < 4.78 is 0. The van der Waals surface area contributed by atoms with Crippen LogP contribution in [0.1, 0.15) is 70.6 Å². The molecule has 0 aromatic rings. The molecule has 3 heteroatoms. The van der Waals surface area contributed by atoms with Crippen molar-refractivity contribution < 1.29 is 4.79 Å². The quantitative estimate of drug-likeness (QED) is 0.790. The fraction of sp³-hybridized carbons (Fsp3) is 0.933. The molecule has 3 N–H and O–H groups in total. The van der Waals surface area contributed by atoms with E-state index in [1.807, 2.05) is 0 Å². The zero-order valence-corrected chi connectivity index (χ0v) is 11.5. The Morgan fingerprint density at radius 2 is 1.78 bits per heavy atom. The first-order chi connectivity index (χ1) is 8.68. The van der Waals surface area contributed by atoms with Crippen LogP contribution in [0.5, 0.6) is 0 Å². The molecule has 0 aromatic heterocycles. The molecule has 0 bridgehead atoms. The predicted octanol–water partition coefficient (Wildman–Crippen LogP) is 2.73. The molecule has 18 heavy (non-hydrogen) atoms. The molecule has 1 amide bonds. The molecule has 2 aliphatic carbocycles. The number of nitrogens with one attached hydrogen (secondary N) is 1. The van der Waals surface area contributed by atoms with Gasteiger partial charge in [-0.15, -0.1) is 0 Å². The second-order valence-corrected chi connectivity index (χ2v) is 6.39. The van der Waals surface area contributed by atoms with Crippen LogP contribution in [-0.4, -0.2) is 18.0 Å². The molecule has 0 radical (unpaired) electrons. The van der Waals surface area contributed by atoms with Gasteiger partial charge < -0.3 is 11.1 Å². The summed E-state index contributed by atoms with van der Waals surface area (Å²) in [6, 6.07) is 0. The van der Waals surface area contributed by atoms with Crippen LogP contribution in [0.15, 0.2) is 0 Å². The molecule has 0 aliphatic heterocycles. The van der Waals surface area contributed by atoms with Gasteiger partial charge in [-0.1, -0.05) is 44.9 Å². The van der Waals surface area contributed by atoms with E-state index >= 15 is 0 Å². The minimum Gasteiger partial charge on any atom is -0.356 e. The summed E-state index contributed by atoms with van der Waals surface area (Å²) in [5.41, 5.74) is 6.08. The summed E-state index contributed by atoms with van der Waals surface area (Å²) in [7, 11) is 0. The van der Waals surface area contributed by atoms with Gasteiger partial charge >= 0.3 is 0 Å². The van der Waals surface area contributed by atoms with Gasteiger partial charge in [0.15, 0.2) is 0 Å². The Balaban J connectivity index is 1.61. The molecular weight excluding hydrogens is 224 g/mol. The zero-order valence-electron chi connectivity index (χ0n) is 11.5. The molecule has 0 aromatic carbocycles. The summed E-state index contributed by atoms with van der Waals surface area (Å²) in [5, 5.41) is 3.06. The fourth-order valence-electron chi connectivity index (χ4n) is 3.53. The summed E-state index contributed by atoms with van der Waals surface area (Å²) in [5.74, 6) is 1.02. The lowest BCUT2D eigenvalue weighted by molar-refractivity contribution is -0.122. The number of carbonyl (C=O) groups is 1. The van der Waals surface area contributed by atoms with Gasteiger partial charge in [-0.05, 0) is 25.2 Å². The third kappa shape index (κ3) is 4.27. The van der Waals surface area contributed by atoms with Crippen molar-refractivity contribution in [2.24, 2.45) is 11.7 Å². The van der Waals surface area contributed by atoms with Crippen molar-refractivity contribution in [3.63, 3.8) is 0 Å². The van der Waals surface area contributed by atoms with Crippen molar-refractivity contribution in [1.29, 1.82) is 0 Å². The molecule has 2 fully saturated rings. The van der Waals surface area contributed by atoms with Gasteiger partial charge in [0.1, 0.15) is 0 Å². The summed E-state index contributed by atoms with van der Waals surface area (Å²) in [6.07, 6.45) is 12.8. The fourth-order valence-corrected chi connectivity index (χ4v) is 3.53. The first-order valence-corrected chi connectivity index (χ1v) is 7.74. The number of nitrogens with two attached hydrogens (primary N) is 1. The largest absolute Gasteiger partial charge is 0.356 e. The van der Waals surface area contributed by atoms with Crippen LogP contribution in [0.3, 0.4) is 0 Å². The van der Waals surface area contributed by atoms with Gasteiger partial charge in [0.25, 0.3) is 0 Å². The average Bonchev–Trinajstić information content (AvgIpc) is 2.82. The molecule has 2 aliphatic rings. The molecule has 0 unspecified atom stereocenters. The van der Waals surface area contributed by atoms with Gasteiger partial charge in [0.2, 0.25) is 5.91 Å². The molecule has 0 heterocycles. The highest BCUT2D eigenvalue weighted by atomic mass is 16.1. The van der Waals surface area contributed by atoms with E-state index in [0.29, 0.717) is 6.42 Å². The van der Waals surface area contributed by atoms with Crippen molar-refractivity contribution in [3.8, 4) is 0 Å². The van der Waals surface area contributed by atoms with E-state index in [1.165, 1.54) is 44.9 Å². The third-order valence-corrected chi connectivity index (χ3v) is 4.71. The molecule has 2 rings (SSSR count). The van der Waals surface area contributed by atoms with Crippen LogP contribution < -0.4 is 11.1 Å². The maximum Gasteiger partial charge on any atom is 0.221 e. The highest BCUT2D eigenvalue weighted by Crippen LogP contribution is 2.29. The molecule has 0 saturated heterocycles. The first kappa shape index (κ1) is 13.9. The van der Waals surface area contributed by atoms with Crippen LogP contribution in [0.4, 0.5) is 0 Å². The van der Waals surface area contributed by atoms with E-state index in [9.17, 15) is 4.79 Å². The number of carbonyl (C=O) groups excluding carboxylic acids is 1. The van der Waals surface area contributed by atoms with Crippen LogP contribution in [0, 0.1) is 5.92 Å². The molecule has 0 atom stereocenters. The molecule has 0 spiro atoms. The van der Waals surface area contributed by atoms with E-state index in [0.717, 1.165) is 31.7 Å². The predicted molar refractivity (Wildman–Crippen MR) is 74.2 cm³/mol. The highest BCUT2D eigenvalue weighted by Gasteiger charge is 2.29. The van der Waals surface area contributed by atoms with Crippen LogP contribution in [0.2, 0.25) is 0 Å². The summed E-state index contributed by atoms with van der Waals surface area (Å²) in [6.45, 7) is 0.847. The topological polar surface area (TPSA) is 55.1 Å². The Labute approximate surface area is 111 Å². The van der Waals surface area contributed by atoms with E-state index in [4.69, 9.17) is 5.73 Å². The number of hydrogen-bond acceptors (Lipinski definition) is 2. The minimum absolute atomic E-state index is 0.164. The van der Waals surface area contributed by atoms with Crippen molar-refractivity contribution in [1.82, 2.24) is 5.32 Å². The highest BCUT2D eigenvalue weighted by molar-refractivity contribution is 5.77. The van der Waals surface area contributed by atoms with Gasteiger partial charge in [0, 0.05) is 18.5 Å². The van der Waals surface area contributed by atoms with Crippen molar-refractivity contribution in [2.75, 3.05) is 6.54 Å². The molecular formula is C15H28N2O. The SMILES string of the molecule is NC1(CC(=O)NCCC2CCCC2)CCCCC1. The smallest absolute Gasteiger partial charge is 0.221 e. The van der Waals surface area contributed by atoms with Gasteiger partial charge in [-0.3, -0.25) is 4.79 Å². The first-order valence-electron chi connectivity index (χ1n) is 7.74. The second-order valence-electron chi connectivity index (χ2n) is 6.39. The van der Waals surface area contributed by atoms with E-state index in [1.54, 1.807) is 0 Å². The average molecular weight is 252 g/mol. The Kier molecular flexibility index (Phi) is 5.04. The Hall–Kier alpha value is -0.570. The lowest BCUT2D eigenvalue weighted by Crippen LogP contribution is -2.46. The summed E-state index contributed by atoms with van der Waals surface area (Å²) >= 11 is 0. The Morgan fingerprint density at radius 3 is 2.44 bits per heavy atom. The van der Waals surface area contributed by atoms with Crippen LogP contribution in [0.25, 0.3) is 0 Å². The monoisotopic (exact) mass is 252 g/mol. The van der Waals surface area contributed by atoms with E-state index < -0.39 is 0 Å². The van der Waals surface area contributed by atoms with Gasteiger partial charge in [-0.2, -0.15) is 0 Å². The van der Waals surface area contributed by atoms with Crippen LogP contribution in [-0.2, 0) is 4.79 Å². The van der Waals surface area contributed by atoms with Gasteiger partial charge in [-0.25, -0.2) is 0 Å². The molecule has 3 nitrogen and oxygen atoms in total. The normalized spacial score (nSPS) is 24.1. The van der Waals surface area contributed by atoms with Crippen molar-refractivity contribution in [3.05, 3.63) is 0 Å². The van der Waals surface area contributed by atoms with E-state index in [2.05, 4.69) is 5.32 Å².